The van der Waals surface area contributed by atoms with Crippen LogP contribution in [0.1, 0.15) is 27.2 Å². The van der Waals surface area contributed by atoms with Gasteiger partial charge in [0.25, 0.3) is 5.91 Å². The number of amides is 1. The number of benzene rings is 1. The molecule has 1 saturated heterocycles. The zero-order valence-corrected chi connectivity index (χ0v) is 15.8. The molecule has 3 heterocycles. The second-order valence-electron chi connectivity index (χ2n) is 7.44. The second kappa shape index (κ2) is 8.25. The van der Waals surface area contributed by atoms with Gasteiger partial charge in [-0.1, -0.05) is 24.3 Å². The fourth-order valence-corrected chi connectivity index (χ4v) is 3.82. The van der Waals surface area contributed by atoms with Crippen LogP contribution in [0, 0.1) is 0 Å². The molecule has 4 rings (SSSR count). The van der Waals surface area contributed by atoms with Crippen molar-refractivity contribution in [3.63, 3.8) is 0 Å². The molecule has 6 nitrogen and oxygen atoms in total. The average Bonchev–Trinajstić information content (AvgIpc) is 3.15. The van der Waals surface area contributed by atoms with Crippen LogP contribution >= 0.6 is 0 Å². The molecule has 0 radical (unpaired) electrons. The van der Waals surface area contributed by atoms with Gasteiger partial charge in [0.15, 0.2) is 0 Å². The Labute approximate surface area is 160 Å². The largest absolute Gasteiger partial charge is 0.467 e. The van der Waals surface area contributed by atoms with Crippen LogP contribution in [0.5, 0.6) is 0 Å². The molecular weight excluding hydrogens is 342 g/mol. The third-order valence-electron chi connectivity index (χ3n) is 5.51. The summed E-state index contributed by atoms with van der Waals surface area (Å²) in [7, 11) is 2.12. The molecular formula is C21H27N3O3. The number of rotatable bonds is 5. The van der Waals surface area contributed by atoms with Gasteiger partial charge in [-0.2, -0.15) is 0 Å². The summed E-state index contributed by atoms with van der Waals surface area (Å²) < 4.78 is 11.0. The van der Waals surface area contributed by atoms with Crippen molar-refractivity contribution in [1.29, 1.82) is 0 Å². The SMILES string of the molecule is CN1Cc2ccccc2C[C@H]1CNC(=O)c1coc(CN2CCOCC2)c1. The fraction of sp³-hybridized carbons (Fsp3) is 0.476. The Morgan fingerprint density at radius 1 is 1.22 bits per heavy atom. The van der Waals surface area contributed by atoms with Crippen LogP contribution in [-0.4, -0.2) is 61.6 Å². The number of likely N-dealkylation sites (N-methyl/N-ethyl adjacent to an activating group) is 1. The maximum absolute atomic E-state index is 12.5. The Bertz CT molecular complexity index is 782. The quantitative estimate of drug-likeness (QED) is 0.872. The summed E-state index contributed by atoms with van der Waals surface area (Å²) in [5, 5.41) is 3.07. The van der Waals surface area contributed by atoms with E-state index < -0.39 is 0 Å². The lowest BCUT2D eigenvalue weighted by atomic mass is 9.94. The highest BCUT2D eigenvalue weighted by atomic mass is 16.5. The van der Waals surface area contributed by atoms with E-state index in [0.29, 0.717) is 18.2 Å². The van der Waals surface area contributed by atoms with Gasteiger partial charge in [-0.25, -0.2) is 0 Å². The van der Waals surface area contributed by atoms with Crippen LogP contribution < -0.4 is 5.32 Å². The van der Waals surface area contributed by atoms with Gasteiger partial charge in [0.05, 0.1) is 25.3 Å². The van der Waals surface area contributed by atoms with Crippen molar-refractivity contribution >= 4 is 5.91 Å². The molecule has 2 aliphatic heterocycles. The molecule has 1 atom stereocenters. The van der Waals surface area contributed by atoms with E-state index in [4.69, 9.17) is 9.15 Å². The molecule has 2 aliphatic rings. The summed E-state index contributed by atoms with van der Waals surface area (Å²) in [5.41, 5.74) is 3.35. The van der Waals surface area contributed by atoms with Crippen molar-refractivity contribution in [3.05, 3.63) is 59.0 Å². The summed E-state index contributed by atoms with van der Waals surface area (Å²) in [5.74, 6) is 0.755. The Morgan fingerprint density at radius 3 is 2.81 bits per heavy atom. The summed E-state index contributed by atoms with van der Waals surface area (Å²) in [6, 6.07) is 10.7. The maximum atomic E-state index is 12.5. The number of carbonyl (C=O) groups is 1. The zero-order chi connectivity index (χ0) is 18.6. The van der Waals surface area contributed by atoms with Crippen LogP contribution in [0.25, 0.3) is 0 Å². The molecule has 0 bridgehead atoms. The number of hydrogen-bond donors (Lipinski definition) is 1. The van der Waals surface area contributed by atoms with Gasteiger partial charge < -0.3 is 14.5 Å². The van der Waals surface area contributed by atoms with Crippen molar-refractivity contribution in [2.75, 3.05) is 39.9 Å². The second-order valence-corrected chi connectivity index (χ2v) is 7.44. The van der Waals surface area contributed by atoms with E-state index in [1.165, 1.54) is 11.1 Å². The molecule has 0 aliphatic carbocycles. The van der Waals surface area contributed by atoms with Gasteiger partial charge in [-0.3, -0.25) is 14.6 Å². The van der Waals surface area contributed by atoms with Gasteiger partial charge in [-0.15, -0.1) is 0 Å². The van der Waals surface area contributed by atoms with E-state index in [-0.39, 0.29) is 5.91 Å². The summed E-state index contributed by atoms with van der Waals surface area (Å²) in [6.45, 7) is 5.59. The number of furan rings is 1. The lowest BCUT2D eigenvalue weighted by Crippen LogP contribution is -2.45. The first-order valence-electron chi connectivity index (χ1n) is 9.62. The highest BCUT2D eigenvalue weighted by Crippen LogP contribution is 2.21. The molecule has 1 aromatic heterocycles. The average molecular weight is 369 g/mol. The molecule has 0 spiro atoms. The standard InChI is InChI=1S/C21H27N3O3/c1-23-13-17-5-3-2-4-16(17)10-19(23)12-22-21(25)18-11-20(27-15-18)14-24-6-8-26-9-7-24/h2-5,11,15,19H,6-10,12-14H2,1H3,(H,22,25)/t19-/m0/s1. The Kier molecular flexibility index (Phi) is 5.57. The molecule has 27 heavy (non-hydrogen) atoms. The summed E-state index contributed by atoms with van der Waals surface area (Å²) >= 11 is 0. The van der Waals surface area contributed by atoms with Crippen LogP contribution in [0.4, 0.5) is 0 Å². The molecule has 2 aromatic rings. The van der Waals surface area contributed by atoms with Gasteiger partial charge in [0, 0.05) is 32.2 Å². The van der Waals surface area contributed by atoms with Crippen LogP contribution in [0.15, 0.2) is 41.0 Å². The summed E-state index contributed by atoms with van der Waals surface area (Å²) in [6.07, 6.45) is 2.52. The number of nitrogens with zero attached hydrogens (tertiary/aromatic N) is 2. The van der Waals surface area contributed by atoms with Crippen molar-refractivity contribution in [2.24, 2.45) is 0 Å². The number of hydrogen-bond acceptors (Lipinski definition) is 5. The van der Waals surface area contributed by atoms with E-state index in [9.17, 15) is 4.79 Å². The molecule has 6 heteroatoms. The third-order valence-corrected chi connectivity index (χ3v) is 5.51. The van der Waals surface area contributed by atoms with Crippen LogP contribution in [-0.2, 0) is 24.2 Å². The first-order chi connectivity index (χ1) is 13.2. The molecule has 1 aromatic carbocycles. The maximum Gasteiger partial charge on any atom is 0.254 e. The van der Waals surface area contributed by atoms with E-state index in [2.05, 4.69) is 46.4 Å². The van der Waals surface area contributed by atoms with Gasteiger partial charge in [0.1, 0.15) is 12.0 Å². The Morgan fingerprint density at radius 2 is 2.00 bits per heavy atom. The predicted octanol–water partition coefficient (Wildman–Crippen LogP) is 1.90. The van der Waals surface area contributed by atoms with Gasteiger partial charge in [0.2, 0.25) is 0 Å². The van der Waals surface area contributed by atoms with Crippen LogP contribution in [0.3, 0.4) is 0 Å². The highest BCUT2D eigenvalue weighted by molar-refractivity contribution is 5.94. The number of nitrogens with one attached hydrogen (secondary N) is 1. The van der Waals surface area contributed by atoms with Crippen molar-refractivity contribution in [2.45, 2.75) is 25.6 Å². The topological polar surface area (TPSA) is 58.0 Å². The minimum absolute atomic E-state index is 0.0702. The monoisotopic (exact) mass is 369 g/mol. The Balaban J connectivity index is 1.30. The lowest BCUT2D eigenvalue weighted by Gasteiger charge is -2.34. The number of ether oxygens (including phenoxy) is 1. The number of fused-ring (bicyclic) bond motifs is 1. The van der Waals surface area contributed by atoms with Crippen molar-refractivity contribution in [1.82, 2.24) is 15.1 Å². The first-order valence-corrected chi connectivity index (χ1v) is 9.62. The van der Waals surface area contributed by atoms with E-state index in [1.54, 1.807) is 6.26 Å². The molecule has 1 amide bonds. The van der Waals surface area contributed by atoms with Crippen molar-refractivity contribution < 1.29 is 13.9 Å². The minimum Gasteiger partial charge on any atom is -0.467 e. The summed E-state index contributed by atoms with van der Waals surface area (Å²) in [4.78, 5) is 17.1. The fourth-order valence-electron chi connectivity index (χ4n) is 3.82. The molecule has 1 N–H and O–H groups in total. The zero-order valence-electron chi connectivity index (χ0n) is 15.8. The molecule has 1 fully saturated rings. The van der Waals surface area contributed by atoms with E-state index in [0.717, 1.165) is 51.6 Å². The molecule has 0 saturated carbocycles. The normalized spacial score (nSPS) is 21.0. The smallest absolute Gasteiger partial charge is 0.254 e. The highest BCUT2D eigenvalue weighted by Gasteiger charge is 2.24. The van der Waals surface area contributed by atoms with E-state index >= 15 is 0 Å². The molecule has 144 valence electrons. The minimum atomic E-state index is -0.0702. The molecule has 0 unspecified atom stereocenters. The first kappa shape index (κ1) is 18.2. The van der Waals surface area contributed by atoms with Gasteiger partial charge in [-0.05, 0) is 30.7 Å². The number of carbonyl (C=O) groups excluding carboxylic acids is 1. The number of morpholine rings is 1. The predicted molar refractivity (Wildman–Crippen MR) is 103 cm³/mol. The van der Waals surface area contributed by atoms with Crippen molar-refractivity contribution in [3.8, 4) is 0 Å². The van der Waals surface area contributed by atoms with E-state index in [1.807, 2.05) is 6.07 Å². The lowest BCUT2D eigenvalue weighted by molar-refractivity contribution is 0.0313. The van der Waals surface area contributed by atoms with Gasteiger partial charge >= 0.3 is 0 Å². The van der Waals surface area contributed by atoms with Crippen LogP contribution in [0.2, 0.25) is 0 Å². The Hall–Kier alpha value is -2.15. The third kappa shape index (κ3) is 4.40.